The van der Waals surface area contributed by atoms with E-state index in [2.05, 4.69) is 5.32 Å². The van der Waals surface area contributed by atoms with E-state index in [4.69, 9.17) is 0 Å². The van der Waals surface area contributed by atoms with Gasteiger partial charge in [-0.3, -0.25) is 0 Å². The van der Waals surface area contributed by atoms with Crippen molar-refractivity contribution >= 4 is 0 Å². The maximum absolute atomic E-state index is 12.8. The number of hydrogen-bond acceptors (Lipinski definition) is 1. The fourth-order valence-electron chi connectivity index (χ4n) is 1.17. The van der Waals surface area contributed by atoms with Crippen molar-refractivity contribution in [3.05, 3.63) is 35.4 Å². The molecular formula is C10H12F3N. The Hall–Kier alpha value is -1.03. The zero-order valence-corrected chi connectivity index (χ0v) is 7.81. The molecule has 0 aliphatic carbocycles. The number of hydrogen-bond donors (Lipinski definition) is 1. The first-order valence-corrected chi connectivity index (χ1v) is 4.31. The van der Waals surface area contributed by atoms with E-state index >= 15 is 0 Å². The summed E-state index contributed by atoms with van der Waals surface area (Å²) in [5, 5.41) is 2.91. The van der Waals surface area contributed by atoms with E-state index in [1.165, 1.54) is 12.1 Å². The van der Waals surface area contributed by atoms with Crippen LogP contribution in [0.4, 0.5) is 13.2 Å². The van der Waals surface area contributed by atoms with Crippen molar-refractivity contribution in [3.8, 4) is 0 Å². The molecule has 0 radical (unpaired) electrons. The number of nitrogens with one attached hydrogen (secondary N) is 1. The van der Waals surface area contributed by atoms with E-state index in [1.54, 1.807) is 19.2 Å². The molecule has 1 N–H and O–H groups in total. The van der Waals surface area contributed by atoms with Crippen LogP contribution in [0.5, 0.6) is 0 Å². The van der Waals surface area contributed by atoms with Gasteiger partial charge in [-0.25, -0.2) is 13.2 Å². The zero-order valence-electron chi connectivity index (χ0n) is 7.81. The molecule has 0 aliphatic rings. The quantitative estimate of drug-likeness (QED) is 0.793. The van der Waals surface area contributed by atoms with Gasteiger partial charge in [-0.15, -0.1) is 0 Å². The van der Waals surface area contributed by atoms with E-state index < -0.39 is 12.6 Å². The lowest BCUT2D eigenvalue weighted by Gasteiger charge is -2.07. The minimum absolute atomic E-state index is 0.0276. The van der Waals surface area contributed by atoms with E-state index in [9.17, 15) is 13.2 Å². The van der Waals surface area contributed by atoms with Crippen LogP contribution in [0.15, 0.2) is 24.3 Å². The van der Waals surface area contributed by atoms with Crippen LogP contribution in [0.2, 0.25) is 0 Å². The minimum atomic E-state index is -2.95. The molecule has 1 unspecified atom stereocenters. The first-order chi connectivity index (χ1) is 6.65. The van der Waals surface area contributed by atoms with Crippen LogP contribution >= 0.6 is 0 Å². The van der Waals surface area contributed by atoms with Crippen LogP contribution < -0.4 is 5.32 Å². The normalized spacial score (nSPS) is 13.2. The smallest absolute Gasteiger partial charge is 0.273 e. The topological polar surface area (TPSA) is 12.0 Å². The lowest BCUT2D eigenvalue weighted by atomic mass is 10.1. The molecule has 0 saturated carbocycles. The summed E-state index contributed by atoms with van der Waals surface area (Å²) in [5.41, 5.74) is 0.970. The first-order valence-electron chi connectivity index (χ1n) is 4.31. The van der Waals surface area contributed by atoms with Gasteiger partial charge in [0.2, 0.25) is 0 Å². The highest BCUT2D eigenvalue weighted by molar-refractivity contribution is 5.24. The highest BCUT2D eigenvalue weighted by Crippen LogP contribution is 2.24. The van der Waals surface area contributed by atoms with E-state index in [0.717, 1.165) is 5.56 Å². The van der Waals surface area contributed by atoms with Crippen LogP contribution in [0.3, 0.4) is 0 Å². The van der Waals surface area contributed by atoms with Gasteiger partial charge >= 0.3 is 0 Å². The van der Waals surface area contributed by atoms with Gasteiger partial charge in [-0.05, 0) is 18.2 Å². The summed E-state index contributed by atoms with van der Waals surface area (Å²) in [4.78, 5) is 0. The Labute approximate surface area is 80.9 Å². The van der Waals surface area contributed by atoms with Gasteiger partial charge in [-0.2, -0.15) is 0 Å². The van der Waals surface area contributed by atoms with Gasteiger partial charge < -0.3 is 5.32 Å². The van der Waals surface area contributed by atoms with Gasteiger partial charge in [0.15, 0.2) is 6.17 Å². The molecule has 78 valence electrons. The molecule has 4 heteroatoms. The van der Waals surface area contributed by atoms with Crippen molar-refractivity contribution in [3.63, 3.8) is 0 Å². The van der Waals surface area contributed by atoms with Crippen molar-refractivity contribution in [2.24, 2.45) is 0 Å². The van der Waals surface area contributed by atoms with Gasteiger partial charge in [0, 0.05) is 6.54 Å². The Kier molecular flexibility index (Phi) is 3.95. The van der Waals surface area contributed by atoms with E-state index in [0.29, 0.717) is 6.54 Å². The molecule has 0 aliphatic heterocycles. The predicted molar refractivity (Wildman–Crippen MR) is 49.1 cm³/mol. The maximum atomic E-state index is 12.8. The summed E-state index contributed by atoms with van der Waals surface area (Å²) in [5.74, 6) is 0. The Bertz CT molecular complexity index is 271. The Balaban J connectivity index is 2.72. The molecule has 0 aromatic heterocycles. The highest BCUT2D eigenvalue weighted by Gasteiger charge is 2.20. The third-order valence-electron chi connectivity index (χ3n) is 1.90. The maximum Gasteiger partial charge on any atom is 0.273 e. The summed E-state index contributed by atoms with van der Waals surface area (Å²) >= 11 is 0. The van der Waals surface area contributed by atoms with E-state index in [-0.39, 0.29) is 5.56 Å². The first kappa shape index (κ1) is 11.0. The summed E-state index contributed by atoms with van der Waals surface area (Å²) in [6, 6.07) is 6.06. The molecule has 0 amide bonds. The third kappa shape index (κ3) is 2.73. The lowest BCUT2D eigenvalue weighted by Crippen LogP contribution is -2.06. The van der Waals surface area contributed by atoms with Crippen molar-refractivity contribution in [2.75, 3.05) is 7.05 Å². The molecule has 0 spiro atoms. The van der Waals surface area contributed by atoms with Crippen LogP contribution in [0.25, 0.3) is 0 Å². The number of halogens is 3. The number of alkyl halides is 3. The Morgan fingerprint density at radius 1 is 1.14 bits per heavy atom. The number of rotatable bonds is 4. The SMILES string of the molecule is CNCc1ccc(C(F)C(F)F)cc1. The molecule has 1 rings (SSSR count). The van der Waals surface area contributed by atoms with Gasteiger partial charge in [0.25, 0.3) is 6.43 Å². The van der Waals surface area contributed by atoms with Crippen LogP contribution in [-0.4, -0.2) is 13.5 Å². The van der Waals surface area contributed by atoms with Crippen molar-refractivity contribution in [2.45, 2.75) is 19.1 Å². The van der Waals surface area contributed by atoms with Gasteiger partial charge in [0.1, 0.15) is 0 Å². The highest BCUT2D eigenvalue weighted by atomic mass is 19.3. The lowest BCUT2D eigenvalue weighted by molar-refractivity contribution is 0.0495. The van der Waals surface area contributed by atoms with Gasteiger partial charge in [0.05, 0.1) is 0 Å². The standard InChI is InChI=1S/C10H12F3N/c1-14-6-7-2-4-8(5-3-7)9(11)10(12)13/h2-5,9-10,14H,6H2,1H3. The second kappa shape index (κ2) is 5.00. The van der Waals surface area contributed by atoms with Crippen molar-refractivity contribution < 1.29 is 13.2 Å². The molecule has 1 atom stereocenters. The predicted octanol–water partition coefficient (Wildman–Crippen LogP) is 2.68. The Morgan fingerprint density at radius 3 is 2.14 bits per heavy atom. The largest absolute Gasteiger partial charge is 0.316 e. The fourth-order valence-corrected chi connectivity index (χ4v) is 1.17. The molecule has 1 nitrogen and oxygen atoms in total. The molecule has 0 saturated heterocycles. The van der Waals surface area contributed by atoms with Crippen LogP contribution in [0.1, 0.15) is 17.3 Å². The van der Waals surface area contributed by atoms with Crippen LogP contribution in [-0.2, 0) is 6.54 Å². The monoisotopic (exact) mass is 203 g/mol. The Morgan fingerprint density at radius 2 is 1.71 bits per heavy atom. The van der Waals surface area contributed by atoms with Crippen molar-refractivity contribution in [1.82, 2.24) is 5.32 Å². The summed E-state index contributed by atoms with van der Waals surface area (Å²) in [7, 11) is 1.78. The molecule has 0 fully saturated rings. The van der Waals surface area contributed by atoms with Crippen molar-refractivity contribution in [1.29, 1.82) is 0 Å². The zero-order chi connectivity index (χ0) is 10.6. The average Bonchev–Trinajstić information content (AvgIpc) is 2.18. The second-order valence-electron chi connectivity index (χ2n) is 3.01. The molecule has 1 aromatic carbocycles. The number of benzene rings is 1. The molecule has 0 heterocycles. The minimum Gasteiger partial charge on any atom is -0.316 e. The van der Waals surface area contributed by atoms with E-state index in [1.807, 2.05) is 0 Å². The molecule has 1 aromatic rings. The fraction of sp³-hybridized carbons (Fsp3) is 0.400. The average molecular weight is 203 g/mol. The second-order valence-corrected chi connectivity index (χ2v) is 3.01. The van der Waals surface area contributed by atoms with Gasteiger partial charge in [-0.1, -0.05) is 24.3 Å². The molecular weight excluding hydrogens is 191 g/mol. The molecule has 0 bridgehead atoms. The summed E-state index contributed by atoms with van der Waals surface area (Å²) in [6.45, 7) is 0.645. The third-order valence-corrected chi connectivity index (χ3v) is 1.90. The summed E-state index contributed by atoms with van der Waals surface area (Å²) in [6.07, 6.45) is -5.14. The summed E-state index contributed by atoms with van der Waals surface area (Å²) < 4.78 is 36.8. The molecule has 14 heavy (non-hydrogen) atoms. The van der Waals surface area contributed by atoms with Crippen LogP contribution in [0, 0.1) is 0 Å².